The van der Waals surface area contributed by atoms with E-state index < -0.39 is 0 Å². The number of rotatable bonds is 3. The van der Waals surface area contributed by atoms with Gasteiger partial charge in [0.2, 0.25) is 0 Å². The molecule has 16 heavy (non-hydrogen) atoms. The molecule has 0 saturated carbocycles. The van der Waals surface area contributed by atoms with Crippen LogP contribution in [0.3, 0.4) is 0 Å². The monoisotopic (exact) mass is 231 g/mol. The normalized spacial score (nSPS) is 11.1. The molecular formula is C13H10ClNO. The molecule has 0 atom stereocenters. The van der Waals surface area contributed by atoms with Crippen LogP contribution in [-0.2, 0) is 4.79 Å². The van der Waals surface area contributed by atoms with Crippen LogP contribution in [0.4, 0.5) is 0 Å². The molecule has 0 unspecified atom stereocenters. The fourth-order valence-corrected chi connectivity index (χ4v) is 1.78. The number of halogens is 1. The Balaban J connectivity index is 2.54. The zero-order valence-corrected chi connectivity index (χ0v) is 9.32. The highest BCUT2D eigenvalue weighted by Crippen LogP contribution is 2.24. The molecule has 2 nitrogen and oxygen atoms in total. The average Bonchev–Trinajstić information content (AvgIpc) is 2.33. The second-order valence-corrected chi connectivity index (χ2v) is 3.71. The van der Waals surface area contributed by atoms with Crippen LogP contribution in [0.15, 0.2) is 36.5 Å². The van der Waals surface area contributed by atoms with Crippen LogP contribution in [0.2, 0.25) is 5.15 Å². The molecule has 0 aliphatic heterocycles. The Labute approximate surface area is 98.6 Å². The number of carbonyl (C=O) groups excluding carboxylic acids is 1. The molecule has 0 N–H and O–H groups in total. The van der Waals surface area contributed by atoms with E-state index in [4.69, 9.17) is 11.6 Å². The Hall–Kier alpha value is -1.67. The van der Waals surface area contributed by atoms with Crippen molar-refractivity contribution in [1.82, 2.24) is 4.98 Å². The van der Waals surface area contributed by atoms with Crippen LogP contribution in [0.1, 0.15) is 12.0 Å². The summed E-state index contributed by atoms with van der Waals surface area (Å²) in [7, 11) is 0. The molecule has 1 aromatic heterocycles. The SMILES string of the molecule is O=CCC=Cc1cnc(Cl)c2ccccc12. The summed E-state index contributed by atoms with van der Waals surface area (Å²) in [5, 5.41) is 2.48. The number of allylic oxidation sites excluding steroid dienone is 1. The van der Waals surface area contributed by atoms with E-state index >= 15 is 0 Å². The van der Waals surface area contributed by atoms with Gasteiger partial charge < -0.3 is 4.79 Å². The third-order valence-corrected chi connectivity index (χ3v) is 2.61. The number of aldehydes is 1. The Morgan fingerprint density at radius 3 is 2.75 bits per heavy atom. The number of pyridine rings is 1. The standard InChI is InChI=1S/C13H10ClNO/c14-13-12-7-2-1-6-11(12)10(9-15-13)5-3-4-8-16/h1-3,5-9H,4H2. The minimum atomic E-state index is 0.414. The Morgan fingerprint density at radius 2 is 2.00 bits per heavy atom. The second kappa shape index (κ2) is 4.90. The summed E-state index contributed by atoms with van der Waals surface area (Å²) in [5.41, 5.74) is 0.974. The van der Waals surface area contributed by atoms with E-state index in [1.165, 1.54) is 0 Å². The van der Waals surface area contributed by atoms with E-state index in [1.807, 2.05) is 36.4 Å². The number of benzene rings is 1. The van der Waals surface area contributed by atoms with E-state index in [2.05, 4.69) is 4.98 Å². The van der Waals surface area contributed by atoms with Gasteiger partial charge in [-0.15, -0.1) is 0 Å². The minimum Gasteiger partial charge on any atom is -0.303 e. The summed E-state index contributed by atoms with van der Waals surface area (Å²) in [6.45, 7) is 0. The summed E-state index contributed by atoms with van der Waals surface area (Å²) in [5.74, 6) is 0. The van der Waals surface area contributed by atoms with Gasteiger partial charge in [-0.25, -0.2) is 4.98 Å². The maximum atomic E-state index is 10.2. The highest BCUT2D eigenvalue weighted by molar-refractivity contribution is 6.34. The summed E-state index contributed by atoms with van der Waals surface area (Å²) in [6.07, 6.45) is 6.69. The highest BCUT2D eigenvalue weighted by atomic mass is 35.5. The number of aromatic nitrogens is 1. The Kier molecular flexibility index (Phi) is 3.32. The van der Waals surface area contributed by atoms with Gasteiger partial charge in [-0.3, -0.25) is 0 Å². The van der Waals surface area contributed by atoms with E-state index in [9.17, 15) is 4.79 Å². The predicted octanol–water partition coefficient (Wildman–Crippen LogP) is 3.49. The third kappa shape index (κ3) is 2.12. The lowest BCUT2D eigenvalue weighted by Crippen LogP contribution is -1.83. The van der Waals surface area contributed by atoms with Gasteiger partial charge in [0.15, 0.2) is 0 Å². The second-order valence-electron chi connectivity index (χ2n) is 3.35. The van der Waals surface area contributed by atoms with E-state index in [-0.39, 0.29) is 0 Å². The molecule has 0 spiro atoms. The molecule has 2 aromatic rings. The van der Waals surface area contributed by atoms with Crippen LogP contribution in [0, 0.1) is 0 Å². The molecule has 0 amide bonds. The predicted molar refractivity (Wildman–Crippen MR) is 66.5 cm³/mol. The summed E-state index contributed by atoms with van der Waals surface area (Å²) >= 11 is 6.00. The first-order valence-electron chi connectivity index (χ1n) is 4.96. The zero-order chi connectivity index (χ0) is 11.4. The lowest BCUT2D eigenvalue weighted by molar-refractivity contribution is -0.107. The van der Waals surface area contributed by atoms with Gasteiger partial charge in [0.05, 0.1) is 0 Å². The number of fused-ring (bicyclic) bond motifs is 1. The van der Waals surface area contributed by atoms with Gasteiger partial charge >= 0.3 is 0 Å². The molecule has 1 aromatic carbocycles. The van der Waals surface area contributed by atoms with Crippen LogP contribution in [-0.4, -0.2) is 11.3 Å². The number of hydrogen-bond acceptors (Lipinski definition) is 2. The minimum absolute atomic E-state index is 0.414. The molecule has 1 heterocycles. The van der Waals surface area contributed by atoms with Gasteiger partial charge in [-0.1, -0.05) is 48.0 Å². The molecular weight excluding hydrogens is 222 g/mol. The quantitative estimate of drug-likeness (QED) is 0.598. The van der Waals surface area contributed by atoms with Crippen LogP contribution < -0.4 is 0 Å². The van der Waals surface area contributed by atoms with Crippen LogP contribution in [0.5, 0.6) is 0 Å². The first-order valence-corrected chi connectivity index (χ1v) is 5.34. The largest absolute Gasteiger partial charge is 0.303 e. The summed E-state index contributed by atoms with van der Waals surface area (Å²) < 4.78 is 0. The van der Waals surface area contributed by atoms with E-state index in [0.29, 0.717) is 11.6 Å². The van der Waals surface area contributed by atoms with Crippen molar-refractivity contribution in [2.75, 3.05) is 0 Å². The Morgan fingerprint density at radius 1 is 1.25 bits per heavy atom. The highest BCUT2D eigenvalue weighted by Gasteiger charge is 2.02. The van der Waals surface area contributed by atoms with Crippen LogP contribution >= 0.6 is 11.6 Å². The van der Waals surface area contributed by atoms with Crippen molar-refractivity contribution in [3.63, 3.8) is 0 Å². The van der Waals surface area contributed by atoms with Gasteiger partial charge in [0.1, 0.15) is 11.4 Å². The lowest BCUT2D eigenvalue weighted by Gasteiger charge is -2.02. The maximum absolute atomic E-state index is 10.2. The maximum Gasteiger partial charge on any atom is 0.136 e. The van der Waals surface area contributed by atoms with Crippen molar-refractivity contribution in [1.29, 1.82) is 0 Å². The van der Waals surface area contributed by atoms with Gasteiger partial charge in [-0.2, -0.15) is 0 Å². The fourth-order valence-electron chi connectivity index (χ4n) is 1.56. The number of carbonyl (C=O) groups is 1. The van der Waals surface area contributed by atoms with E-state index in [0.717, 1.165) is 22.6 Å². The first kappa shape index (κ1) is 10.8. The molecule has 0 radical (unpaired) electrons. The average molecular weight is 232 g/mol. The van der Waals surface area contributed by atoms with E-state index in [1.54, 1.807) is 6.20 Å². The Bertz CT molecular complexity index is 549. The fraction of sp³-hybridized carbons (Fsp3) is 0.0769. The molecule has 0 fully saturated rings. The van der Waals surface area contributed by atoms with Crippen molar-refractivity contribution in [2.24, 2.45) is 0 Å². The van der Waals surface area contributed by atoms with Gasteiger partial charge in [-0.05, 0) is 5.39 Å². The molecule has 0 aliphatic carbocycles. The molecule has 80 valence electrons. The van der Waals surface area contributed by atoms with Gasteiger partial charge in [0, 0.05) is 23.6 Å². The summed E-state index contributed by atoms with van der Waals surface area (Å²) in [6, 6.07) is 7.80. The lowest BCUT2D eigenvalue weighted by atomic mass is 10.1. The topological polar surface area (TPSA) is 30.0 Å². The molecule has 2 rings (SSSR count). The van der Waals surface area contributed by atoms with Crippen molar-refractivity contribution in [2.45, 2.75) is 6.42 Å². The smallest absolute Gasteiger partial charge is 0.136 e. The third-order valence-electron chi connectivity index (χ3n) is 2.31. The van der Waals surface area contributed by atoms with Crippen molar-refractivity contribution >= 4 is 34.7 Å². The number of hydrogen-bond donors (Lipinski definition) is 0. The molecule has 0 bridgehead atoms. The first-order chi connectivity index (χ1) is 7.83. The van der Waals surface area contributed by atoms with Crippen LogP contribution in [0.25, 0.3) is 16.8 Å². The number of nitrogens with zero attached hydrogens (tertiary/aromatic N) is 1. The molecule has 3 heteroatoms. The molecule has 0 saturated heterocycles. The van der Waals surface area contributed by atoms with Crippen molar-refractivity contribution < 1.29 is 4.79 Å². The zero-order valence-electron chi connectivity index (χ0n) is 8.56. The summed E-state index contributed by atoms with van der Waals surface area (Å²) in [4.78, 5) is 14.3. The molecule has 0 aliphatic rings. The van der Waals surface area contributed by atoms with Gasteiger partial charge in [0.25, 0.3) is 0 Å². The van der Waals surface area contributed by atoms with Crippen molar-refractivity contribution in [3.05, 3.63) is 47.3 Å². The van der Waals surface area contributed by atoms with Crippen molar-refractivity contribution in [3.8, 4) is 0 Å².